The first-order chi connectivity index (χ1) is 7.72. The molecule has 1 aliphatic rings. The van der Waals surface area contributed by atoms with Crippen LogP contribution >= 0.6 is 0 Å². The molecule has 6 nitrogen and oxygen atoms in total. The number of aromatic nitrogens is 3. The highest BCUT2D eigenvalue weighted by atomic mass is 16.4. The van der Waals surface area contributed by atoms with Crippen LogP contribution in [0.2, 0.25) is 0 Å². The fourth-order valence-electron chi connectivity index (χ4n) is 1.96. The second-order valence-corrected chi connectivity index (χ2v) is 4.09. The molecule has 0 spiro atoms. The monoisotopic (exact) mass is 219 g/mol. The number of hydrogen-bond donors (Lipinski definition) is 1. The van der Waals surface area contributed by atoms with Crippen molar-refractivity contribution in [1.82, 2.24) is 15.0 Å². The summed E-state index contributed by atoms with van der Waals surface area (Å²) in [5.74, 6) is 1.29. The predicted octanol–water partition coefficient (Wildman–Crippen LogP) is 0.464. The van der Waals surface area contributed by atoms with Gasteiger partial charge in [0.25, 0.3) is 5.71 Å². The molecular formula is C10H13N5O. The van der Waals surface area contributed by atoms with E-state index in [-0.39, 0.29) is 6.04 Å². The molecule has 84 valence electrons. The van der Waals surface area contributed by atoms with E-state index in [0.717, 1.165) is 19.5 Å². The van der Waals surface area contributed by atoms with E-state index in [1.165, 1.54) is 0 Å². The van der Waals surface area contributed by atoms with Gasteiger partial charge in [-0.2, -0.15) is 4.98 Å². The van der Waals surface area contributed by atoms with Crippen molar-refractivity contribution in [2.24, 2.45) is 5.73 Å². The maximum Gasteiger partial charge on any atom is 0.251 e. The third-order valence-corrected chi connectivity index (χ3v) is 2.75. The fourth-order valence-corrected chi connectivity index (χ4v) is 1.96. The lowest BCUT2D eigenvalue weighted by Gasteiger charge is -2.14. The average Bonchev–Trinajstić information content (AvgIpc) is 2.81. The molecule has 0 saturated carbocycles. The summed E-state index contributed by atoms with van der Waals surface area (Å²) in [4.78, 5) is 14.8. The molecule has 2 aromatic rings. The largest absolute Gasteiger partial charge is 0.422 e. The van der Waals surface area contributed by atoms with Crippen LogP contribution in [-0.2, 0) is 0 Å². The third kappa shape index (κ3) is 1.51. The molecule has 16 heavy (non-hydrogen) atoms. The molecule has 1 unspecified atom stereocenters. The van der Waals surface area contributed by atoms with E-state index in [1.807, 2.05) is 0 Å². The van der Waals surface area contributed by atoms with Gasteiger partial charge in [0, 0.05) is 26.1 Å². The summed E-state index contributed by atoms with van der Waals surface area (Å²) >= 11 is 0. The minimum absolute atomic E-state index is 0.218. The van der Waals surface area contributed by atoms with Gasteiger partial charge in [-0.1, -0.05) is 0 Å². The zero-order valence-electron chi connectivity index (χ0n) is 9.05. The Kier molecular flexibility index (Phi) is 2.03. The predicted molar refractivity (Wildman–Crippen MR) is 59.1 cm³/mol. The number of hydrogen-bond acceptors (Lipinski definition) is 6. The van der Waals surface area contributed by atoms with Gasteiger partial charge in [0.15, 0.2) is 5.89 Å². The van der Waals surface area contributed by atoms with Gasteiger partial charge in [0.05, 0.1) is 6.20 Å². The number of nitrogens with two attached hydrogens (primary N) is 1. The Morgan fingerprint density at radius 1 is 1.50 bits per heavy atom. The van der Waals surface area contributed by atoms with E-state index >= 15 is 0 Å². The van der Waals surface area contributed by atoms with Gasteiger partial charge in [-0.3, -0.25) is 0 Å². The summed E-state index contributed by atoms with van der Waals surface area (Å²) in [5, 5.41) is 0. The summed E-state index contributed by atoms with van der Waals surface area (Å²) in [6.07, 6.45) is 2.68. The molecule has 0 bridgehead atoms. The zero-order chi connectivity index (χ0) is 11.1. The molecule has 0 aliphatic carbocycles. The second-order valence-electron chi connectivity index (χ2n) is 4.09. The van der Waals surface area contributed by atoms with E-state index in [1.54, 1.807) is 13.1 Å². The summed E-state index contributed by atoms with van der Waals surface area (Å²) in [6, 6.07) is 0.218. The summed E-state index contributed by atoms with van der Waals surface area (Å²) in [6.45, 7) is 3.51. The smallest absolute Gasteiger partial charge is 0.251 e. The lowest BCUT2D eigenvalue weighted by atomic mass is 10.3. The Morgan fingerprint density at radius 3 is 3.12 bits per heavy atom. The third-order valence-electron chi connectivity index (χ3n) is 2.75. The summed E-state index contributed by atoms with van der Waals surface area (Å²) in [7, 11) is 0. The number of anilines is 1. The van der Waals surface area contributed by atoms with Crippen molar-refractivity contribution in [2.45, 2.75) is 19.4 Å². The SMILES string of the molecule is Cc1nc2cnc(N3CCC(N)C3)nc2o1. The minimum atomic E-state index is 0.218. The zero-order valence-corrected chi connectivity index (χ0v) is 9.05. The standard InChI is InChI=1S/C10H13N5O/c1-6-13-8-4-12-10(14-9(8)16-6)15-3-2-7(11)5-15/h4,7H,2-3,5,11H2,1H3. The molecule has 2 N–H and O–H groups in total. The molecule has 1 saturated heterocycles. The first-order valence-electron chi connectivity index (χ1n) is 5.33. The maximum atomic E-state index is 5.85. The average molecular weight is 219 g/mol. The number of nitrogens with zero attached hydrogens (tertiary/aromatic N) is 4. The van der Waals surface area contributed by atoms with Crippen LogP contribution in [0.25, 0.3) is 11.2 Å². The Hall–Kier alpha value is -1.69. The van der Waals surface area contributed by atoms with Crippen molar-refractivity contribution in [3.8, 4) is 0 Å². The van der Waals surface area contributed by atoms with Gasteiger partial charge in [-0.05, 0) is 6.42 Å². The molecular weight excluding hydrogens is 206 g/mol. The molecule has 1 fully saturated rings. The van der Waals surface area contributed by atoms with Gasteiger partial charge >= 0.3 is 0 Å². The first-order valence-corrected chi connectivity index (χ1v) is 5.33. The van der Waals surface area contributed by atoms with Crippen LogP contribution in [0.4, 0.5) is 5.95 Å². The number of aryl methyl sites for hydroxylation is 1. The van der Waals surface area contributed by atoms with Gasteiger partial charge in [0.1, 0.15) is 5.52 Å². The van der Waals surface area contributed by atoms with Crippen molar-refractivity contribution in [3.63, 3.8) is 0 Å². The number of fused-ring (bicyclic) bond motifs is 1. The summed E-state index contributed by atoms with van der Waals surface area (Å²) < 4.78 is 5.37. The van der Waals surface area contributed by atoms with E-state index in [9.17, 15) is 0 Å². The van der Waals surface area contributed by atoms with Crippen molar-refractivity contribution >= 4 is 17.2 Å². The lowest BCUT2D eigenvalue weighted by Crippen LogP contribution is -2.27. The lowest BCUT2D eigenvalue weighted by molar-refractivity contribution is 0.550. The molecule has 6 heteroatoms. The Balaban J connectivity index is 1.98. The molecule has 3 heterocycles. The highest BCUT2D eigenvalue weighted by Gasteiger charge is 2.21. The molecule has 0 amide bonds. The normalized spacial score (nSPS) is 20.9. The van der Waals surface area contributed by atoms with Gasteiger partial charge in [-0.25, -0.2) is 9.97 Å². The topological polar surface area (TPSA) is 81.1 Å². The van der Waals surface area contributed by atoms with E-state index in [2.05, 4.69) is 19.9 Å². The Labute approximate surface area is 92.5 Å². The molecule has 0 aromatic carbocycles. The molecule has 1 aliphatic heterocycles. The fraction of sp³-hybridized carbons (Fsp3) is 0.500. The van der Waals surface area contributed by atoms with Crippen molar-refractivity contribution in [1.29, 1.82) is 0 Å². The second kappa shape index (κ2) is 3.41. The minimum Gasteiger partial charge on any atom is -0.422 e. The van der Waals surface area contributed by atoms with Gasteiger partial charge in [0.2, 0.25) is 5.95 Å². The quantitative estimate of drug-likeness (QED) is 0.750. The molecule has 2 aromatic heterocycles. The van der Waals surface area contributed by atoms with E-state index in [0.29, 0.717) is 23.1 Å². The van der Waals surface area contributed by atoms with E-state index in [4.69, 9.17) is 10.2 Å². The number of rotatable bonds is 1. The van der Waals surface area contributed by atoms with Crippen molar-refractivity contribution in [2.75, 3.05) is 18.0 Å². The molecule has 1 atom stereocenters. The molecule has 0 radical (unpaired) electrons. The maximum absolute atomic E-state index is 5.85. The van der Waals surface area contributed by atoms with Crippen LogP contribution in [-0.4, -0.2) is 34.1 Å². The Morgan fingerprint density at radius 2 is 2.38 bits per heavy atom. The van der Waals surface area contributed by atoms with Crippen molar-refractivity contribution < 1.29 is 4.42 Å². The highest BCUT2D eigenvalue weighted by Crippen LogP contribution is 2.18. The van der Waals surface area contributed by atoms with Gasteiger partial charge < -0.3 is 15.1 Å². The highest BCUT2D eigenvalue weighted by molar-refractivity contribution is 5.68. The van der Waals surface area contributed by atoms with E-state index < -0.39 is 0 Å². The van der Waals surface area contributed by atoms with Crippen LogP contribution in [0, 0.1) is 6.92 Å². The first kappa shape index (κ1) is 9.53. The Bertz CT molecular complexity index is 523. The number of oxazole rings is 1. The van der Waals surface area contributed by atoms with Gasteiger partial charge in [-0.15, -0.1) is 0 Å². The van der Waals surface area contributed by atoms with Crippen LogP contribution < -0.4 is 10.6 Å². The molecule has 3 rings (SSSR count). The van der Waals surface area contributed by atoms with Crippen LogP contribution in [0.15, 0.2) is 10.6 Å². The van der Waals surface area contributed by atoms with Crippen LogP contribution in [0.1, 0.15) is 12.3 Å². The summed E-state index contributed by atoms with van der Waals surface area (Å²) in [5.41, 5.74) is 7.09. The van der Waals surface area contributed by atoms with Crippen LogP contribution in [0.3, 0.4) is 0 Å². The van der Waals surface area contributed by atoms with Crippen molar-refractivity contribution in [3.05, 3.63) is 12.1 Å². The van der Waals surface area contributed by atoms with Crippen LogP contribution in [0.5, 0.6) is 0 Å².